The summed E-state index contributed by atoms with van der Waals surface area (Å²) in [7, 11) is 0. The molecule has 6 heteroatoms. The summed E-state index contributed by atoms with van der Waals surface area (Å²) in [5.41, 5.74) is 1.67. The third-order valence-corrected chi connectivity index (χ3v) is 3.70. The first-order valence-electron chi connectivity index (χ1n) is 7.56. The lowest BCUT2D eigenvalue weighted by Gasteiger charge is -2.09. The molecule has 22 heavy (non-hydrogen) atoms. The lowest BCUT2D eigenvalue weighted by molar-refractivity contribution is -0.143. The second-order valence-electron chi connectivity index (χ2n) is 5.40. The normalized spacial score (nSPS) is 14.0. The van der Waals surface area contributed by atoms with Crippen molar-refractivity contribution in [2.45, 2.75) is 32.9 Å². The van der Waals surface area contributed by atoms with Gasteiger partial charge in [0.1, 0.15) is 12.4 Å². The van der Waals surface area contributed by atoms with Crippen LogP contribution < -0.4 is 5.32 Å². The van der Waals surface area contributed by atoms with E-state index in [1.807, 2.05) is 24.3 Å². The predicted molar refractivity (Wildman–Crippen MR) is 80.9 cm³/mol. The van der Waals surface area contributed by atoms with Crippen LogP contribution in [0.2, 0.25) is 0 Å². The van der Waals surface area contributed by atoms with Crippen LogP contribution in [-0.2, 0) is 27.4 Å². The highest BCUT2D eigenvalue weighted by Crippen LogP contribution is 2.28. The zero-order chi connectivity index (χ0) is 15.5. The smallest absolute Gasteiger partial charge is 0.326 e. The summed E-state index contributed by atoms with van der Waals surface area (Å²) in [4.78, 5) is 28.1. The number of hydrogen-bond acceptors (Lipinski definition) is 4. The van der Waals surface area contributed by atoms with Crippen LogP contribution in [0.15, 0.2) is 24.3 Å². The maximum absolute atomic E-state index is 11.8. The van der Waals surface area contributed by atoms with E-state index in [9.17, 15) is 9.59 Å². The maximum Gasteiger partial charge on any atom is 0.326 e. The minimum Gasteiger partial charge on any atom is -0.465 e. The van der Waals surface area contributed by atoms with Crippen LogP contribution in [0.1, 0.15) is 25.6 Å². The van der Waals surface area contributed by atoms with E-state index < -0.39 is 0 Å². The SMILES string of the molecule is CCOC(=O)Cn1c(CNC(=O)C2CC2)nc2ccccc21. The lowest BCUT2D eigenvalue weighted by Crippen LogP contribution is -2.26. The molecule has 0 saturated heterocycles. The van der Waals surface area contributed by atoms with Crippen molar-refractivity contribution in [3.8, 4) is 0 Å². The van der Waals surface area contributed by atoms with Gasteiger partial charge in [-0.15, -0.1) is 0 Å². The van der Waals surface area contributed by atoms with Crippen molar-refractivity contribution in [3.05, 3.63) is 30.1 Å². The van der Waals surface area contributed by atoms with Gasteiger partial charge in [-0.25, -0.2) is 4.98 Å². The minimum absolute atomic E-state index is 0.0646. The Kier molecular flexibility index (Phi) is 4.09. The van der Waals surface area contributed by atoms with Gasteiger partial charge in [0.05, 0.1) is 24.2 Å². The Hall–Kier alpha value is -2.37. The molecule has 0 unspecified atom stereocenters. The molecule has 0 radical (unpaired) electrons. The molecular formula is C16H19N3O3. The zero-order valence-corrected chi connectivity index (χ0v) is 12.5. The number of para-hydroxylation sites is 2. The number of amides is 1. The van der Waals surface area contributed by atoms with Crippen LogP contribution in [0.4, 0.5) is 0 Å². The Labute approximate surface area is 128 Å². The molecule has 2 aromatic rings. The molecule has 1 saturated carbocycles. The summed E-state index contributed by atoms with van der Waals surface area (Å²) in [5.74, 6) is 0.585. The largest absolute Gasteiger partial charge is 0.465 e. The summed E-state index contributed by atoms with van der Waals surface area (Å²) in [6, 6.07) is 7.60. The molecule has 0 spiro atoms. The number of hydrogen-bond donors (Lipinski definition) is 1. The van der Waals surface area contributed by atoms with E-state index in [0.717, 1.165) is 23.9 Å². The Morgan fingerprint density at radius 2 is 2.14 bits per heavy atom. The Balaban J connectivity index is 1.83. The quantitative estimate of drug-likeness (QED) is 0.823. The third-order valence-electron chi connectivity index (χ3n) is 3.70. The summed E-state index contributed by atoms with van der Waals surface area (Å²) in [6.07, 6.45) is 1.93. The van der Waals surface area contributed by atoms with Gasteiger partial charge in [0.25, 0.3) is 0 Å². The first kappa shape index (κ1) is 14.6. The van der Waals surface area contributed by atoms with E-state index in [0.29, 0.717) is 19.0 Å². The molecule has 1 aliphatic rings. The van der Waals surface area contributed by atoms with Crippen LogP contribution in [0.25, 0.3) is 11.0 Å². The lowest BCUT2D eigenvalue weighted by atomic mass is 10.3. The molecule has 0 aliphatic heterocycles. The van der Waals surface area contributed by atoms with Crippen LogP contribution >= 0.6 is 0 Å². The Morgan fingerprint density at radius 1 is 1.36 bits per heavy atom. The number of nitrogens with zero attached hydrogens (tertiary/aromatic N) is 2. The Bertz CT molecular complexity index is 704. The number of imidazole rings is 1. The molecule has 0 bridgehead atoms. The van der Waals surface area contributed by atoms with E-state index in [2.05, 4.69) is 10.3 Å². The zero-order valence-electron chi connectivity index (χ0n) is 12.5. The van der Waals surface area contributed by atoms with Gasteiger partial charge >= 0.3 is 5.97 Å². The molecular weight excluding hydrogens is 282 g/mol. The van der Waals surface area contributed by atoms with Gasteiger partial charge in [-0.3, -0.25) is 9.59 Å². The van der Waals surface area contributed by atoms with E-state index in [1.54, 1.807) is 11.5 Å². The average Bonchev–Trinajstić information content (AvgIpc) is 3.30. The number of fused-ring (bicyclic) bond motifs is 1. The van der Waals surface area contributed by atoms with Crippen LogP contribution in [0, 0.1) is 5.92 Å². The molecule has 1 aromatic heterocycles. The summed E-state index contributed by atoms with van der Waals surface area (Å²) >= 11 is 0. The van der Waals surface area contributed by atoms with Crippen molar-refractivity contribution in [3.63, 3.8) is 0 Å². The molecule has 6 nitrogen and oxygen atoms in total. The maximum atomic E-state index is 11.8. The standard InChI is InChI=1S/C16H19N3O3/c1-2-22-15(20)10-19-13-6-4-3-5-12(13)18-14(19)9-17-16(21)11-7-8-11/h3-6,11H,2,7-10H2,1H3,(H,17,21). The van der Waals surface area contributed by atoms with Crippen molar-refractivity contribution in [1.82, 2.24) is 14.9 Å². The van der Waals surface area contributed by atoms with Crippen LogP contribution in [0.3, 0.4) is 0 Å². The average molecular weight is 301 g/mol. The summed E-state index contributed by atoms with van der Waals surface area (Å²) in [5, 5.41) is 2.89. The monoisotopic (exact) mass is 301 g/mol. The van der Waals surface area contributed by atoms with Crippen LogP contribution in [0.5, 0.6) is 0 Å². The first-order valence-corrected chi connectivity index (χ1v) is 7.56. The molecule has 1 aromatic carbocycles. The van der Waals surface area contributed by atoms with Crippen molar-refractivity contribution in [2.75, 3.05) is 6.61 Å². The van der Waals surface area contributed by atoms with Crippen molar-refractivity contribution < 1.29 is 14.3 Å². The van der Waals surface area contributed by atoms with Gasteiger partial charge in [0.15, 0.2) is 0 Å². The molecule has 1 N–H and O–H groups in total. The minimum atomic E-state index is -0.305. The molecule has 1 amide bonds. The van der Waals surface area contributed by atoms with Crippen molar-refractivity contribution in [2.24, 2.45) is 5.92 Å². The topological polar surface area (TPSA) is 73.2 Å². The van der Waals surface area contributed by atoms with Crippen LogP contribution in [-0.4, -0.2) is 28.0 Å². The Morgan fingerprint density at radius 3 is 2.86 bits per heavy atom. The fourth-order valence-electron chi connectivity index (χ4n) is 2.43. The summed E-state index contributed by atoms with van der Waals surface area (Å²) in [6.45, 7) is 2.55. The van der Waals surface area contributed by atoms with Gasteiger partial charge in [-0.05, 0) is 31.9 Å². The molecule has 116 valence electrons. The van der Waals surface area contributed by atoms with Crippen molar-refractivity contribution in [1.29, 1.82) is 0 Å². The molecule has 1 heterocycles. The fourth-order valence-corrected chi connectivity index (χ4v) is 2.43. The van der Waals surface area contributed by atoms with Gasteiger partial charge in [0.2, 0.25) is 5.91 Å². The highest BCUT2D eigenvalue weighted by molar-refractivity contribution is 5.81. The highest BCUT2D eigenvalue weighted by Gasteiger charge is 2.29. The number of carbonyl (C=O) groups is 2. The molecule has 3 rings (SSSR count). The number of rotatable bonds is 6. The fraction of sp³-hybridized carbons (Fsp3) is 0.438. The van der Waals surface area contributed by atoms with Gasteiger partial charge < -0.3 is 14.6 Å². The molecule has 0 atom stereocenters. The number of aromatic nitrogens is 2. The molecule has 1 aliphatic carbocycles. The van der Waals surface area contributed by atoms with Gasteiger partial charge in [-0.2, -0.15) is 0 Å². The first-order chi connectivity index (χ1) is 10.7. The number of benzene rings is 1. The second kappa shape index (κ2) is 6.17. The number of carbonyl (C=O) groups excluding carboxylic acids is 2. The van der Waals surface area contributed by atoms with E-state index in [-0.39, 0.29) is 24.3 Å². The third kappa shape index (κ3) is 3.10. The number of ether oxygens (including phenoxy) is 1. The number of nitrogens with one attached hydrogen (secondary N) is 1. The number of esters is 1. The van der Waals surface area contributed by atoms with Gasteiger partial charge in [0, 0.05) is 5.92 Å². The van der Waals surface area contributed by atoms with Gasteiger partial charge in [-0.1, -0.05) is 12.1 Å². The van der Waals surface area contributed by atoms with E-state index in [4.69, 9.17) is 4.74 Å². The van der Waals surface area contributed by atoms with E-state index >= 15 is 0 Å². The van der Waals surface area contributed by atoms with Crippen molar-refractivity contribution >= 4 is 22.9 Å². The summed E-state index contributed by atoms with van der Waals surface area (Å²) < 4.78 is 6.82. The second-order valence-corrected chi connectivity index (χ2v) is 5.40. The molecule has 1 fully saturated rings. The van der Waals surface area contributed by atoms with E-state index in [1.165, 1.54) is 0 Å². The predicted octanol–water partition coefficient (Wildman–Crippen LogP) is 1.63. The highest BCUT2D eigenvalue weighted by atomic mass is 16.5.